The summed E-state index contributed by atoms with van der Waals surface area (Å²) in [5.74, 6) is 0.313. The van der Waals surface area contributed by atoms with Gasteiger partial charge in [0, 0.05) is 16.6 Å². The molecule has 20 heavy (non-hydrogen) atoms. The van der Waals surface area contributed by atoms with Crippen LogP contribution in [0.15, 0.2) is 30.9 Å². The Hall–Kier alpha value is -1.57. The molecule has 0 radical (unpaired) electrons. The lowest BCUT2D eigenvalue weighted by atomic mass is 9.77. The van der Waals surface area contributed by atoms with Gasteiger partial charge >= 0.3 is 0 Å². The molecule has 6 heteroatoms. The van der Waals surface area contributed by atoms with E-state index < -0.39 is 5.41 Å². The SMILES string of the molecule is N#CC(Cn1cnnc1)(c1ccc(Cl)cc1Cl)C1CC1. The van der Waals surface area contributed by atoms with Crippen molar-refractivity contribution in [2.24, 2.45) is 5.92 Å². The summed E-state index contributed by atoms with van der Waals surface area (Å²) in [6.07, 6.45) is 5.32. The first-order valence-electron chi connectivity index (χ1n) is 6.35. The topological polar surface area (TPSA) is 54.5 Å². The van der Waals surface area contributed by atoms with Crippen molar-refractivity contribution in [2.45, 2.75) is 24.8 Å². The Bertz CT molecular complexity index is 658. The van der Waals surface area contributed by atoms with E-state index in [1.165, 1.54) is 0 Å². The van der Waals surface area contributed by atoms with Crippen molar-refractivity contribution < 1.29 is 0 Å². The molecular weight excluding hydrogens is 295 g/mol. The molecule has 0 bridgehead atoms. The van der Waals surface area contributed by atoms with E-state index in [1.54, 1.807) is 24.8 Å². The number of hydrogen-bond donors (Lipinski definition) is 0. The van der Waals surface area contributed by atoms with Crippen LogP contribution >= 0.6 is 23.2 Å². The lowest BCUT2D eigenvalue weighted by molar-refractivity contribution is 0.404. The summed E-state index contributed by atoms with van der Waals surface area (Å²) >= 11 is 12.3. The van der Waals surface area contributed by atoms with Crippen LogP contribution in [0.25, 0.3) is 0 Å². The minimum absolute atomic E-state index is 0.313. The fourth-order valence-corrected chi connectivity index (χ4v) is 3.22. The van der Waals surface area contributed by atoms with Crippen molar-refractivity contribution in [3.05, 3.63) is 46.5 Å². The van der Waals surface area contributed by atoms with Crippen molar-refractivity contribution in [2.75, 3.05) is 0 Å². The van der Waals surface area contributed by atoms with Crippen molar-refractivity contribution in [1.82, 2.24) is 14.8 Å². The largest absolute Gasteiger partial charge is 0.318 e. The monoisotopic (exact) mass is 306 g/mol. The Morgan fingerprint density at radius 3 is 2.55 bits per heavy atom. The molecule has 3 rings (SSSR count). The fourth-order valence-electron chi connectivity index (χ4n) is 2.64. The van der Waals surface area contributed by atoms with Crippen molar-refractivity contribution in [3.63, 3.8) is 0 Å². The molecule has 0 aliphatic heterocycles. The number of benzene rings is 1. The van der Waals surface area contributed by atoms with Gasteiger partial charge in [-0.05, 0) is 36.5 Å². The lowest BCUT2D eigenvalue weighted by Gasteiger charge is -2.28. The second-order valence-corrected chi connectivity index (χ2v) is 5.96. The molecule has 1 saturated carbocycles. The summed E-state index contributed by atoms with van der Waals surface area (Å²) in [4.78, 5) is 0. The average Bonchev–Trinajstić information content (AvgIpc) is 3.16. The molecule has 4 nitrogen and oxygen atoms in total. The second kappa shape index (κ2) is 5.08. The maximum atomic E-state index is 9.84. The van der Waals surface area contributed by atoms with Crippen LogP contribution in [-0.2, 0) is 12.0 Å². The predicted molar refractivity (Wildman–Crippen MR) is 76.5 cm³/mol. The zero-order chi connectivity index (χ0) is 14.2. The van der Waals surface area contributed by atoms with Gasteiger partial charge in [-0.1, -0.05) is 29.3 Å². The Kier molecular flexibility index (Phi) is 3.41. The molecule has 1 unspecified atom stereocenters. The maximum absolute atomic E-state index is 9.84. The van der Waals surface area contributed by atoms with Gasteiger partial charge in [-0.3, -0.25) is 0 Å². The molecule has 1 heterocycles. The minimum Gasteiger partial charge on any atom is -0.318 e. The van der Waals surface area contributed by atoms with Gasteiger partial charge in [-0.25, -0.2) is 0 Å². The molecule has 1 aromatic heterocycles. The second-order valence-electron chi connectivity index (χ2n) is 5.12. The highest BCUT2D eigenvalue weighted by atomic mass is 35.5. The lowest BCUT2D eigenvalue weighted by Crippen LogP contribution is -2.32. The Balaban J connectivity index is 2.08. The van der Waals surface area contributed by atoms with E-state index in [9.17, 15) is 5.26 Å². The Morgan fingerprint density at radius 2 is 2.00 bits per heavy atom. The molecule has 0 saturated heterocycles. The third kappa shape index (κ3) is 2.28. The van der Waals surface area contributed by atoms with Crippen LogP contribution < -0.4 is 0 Å². The van der Waals surface area contributed by atoms with Crippen LogP contribution in [-0.4, -0.2) is 14.8 Å². The number of hydrogen-bond acceptors (Lipinski definition) is 3. The molecular formula is C14H12Cl2N4. The van der Waals surface area contributed by atoms with Gasteiger partial charge in [0.1, 0.15) is 18.1 Å². The number of nitriles is 1. The highest BCUT2D eigenvalue weighted by molar-refractivity contribution is 6.35. The summed E-state index contributed by atoms with van der Waals surface area (Å²) in [6, 6.07) is 7.82. The summed E-state index contributed by atoms with van der Waals surface area (Å²) in [7, 11) is 0. The van der Waals surface area contributed by atoms with Gasteiger partial charge in [0.2, 0.25) is 0 Å². The molecule has 1 aliphatic rings. The van der Waals surface area contributed by atoms with Gasteiger partial charge in [0.25, 0.3) is 0 Å². The molecule has 0 spiro atoms. The fraction of sp³-hybridized carbons (Fsp3) is 0.357. The van der Waals surface area contributed by atoms with Crippen LogP contribution in [0.4, 0.5) is 0 Å². The Morgan fingerprint density at radius 1 is 1.30 bits per heavy atom. The first-order valence-corrected chi connectivity index (χ1v) is 7.10. The molecule has 2 aromatic rings. The number of rotatable bonds is 4. The molecule has 102 valence electrons. The van der Waals surface area contributed by atoms with E-state index in [2.05, 4.69) is 16.3 Å². The first-order chi connectivity index (χ1) is 9.65. The van der Waals surface area contributed by atoms with Crippen LogP contribution in [0.2, 0.25) is 10.0 Å². The molecule has 1 fully saturated rings. The van der Waals surface area contributed by atoms with Crippen LogP contribution in [0.3, 0.4) is 0 Å². The number of nitrogens with zero attached hydrogens (tertiary/aromatic N) is 4. The van der Waals surface area contributed by atoms with E-state index in [-0.39, 0.29) is 0 Å². The summed E-state index contributed by atoms with van der Waals surface area (Å²) in [5.41, 5.74) is 0.187. The van der Waals surface area contributed by atoms with Crippen molar-refractivity contribution in [3.8, 4) is 6.07 Å². The normalized spacial score (nSPS) is 17.4. The van der Waals surface area contributed by atoms with E-state index in [0.29, 0.717) is 22.5 Å². The summed E-state index contributed by atoms with van der Waals surface area (Å²) in [5, 5.41) is 18.6. The molecule has 1 atom stereocenters. The van der Waals surface area contributed by atoms with E-state index in [1.807, 2.05) is 10.6 Å². The van der Waals surface area contributed by atoms with Gasteiger partial charge in [-0.15, -0.1) is 10.2 Å². The Labute approximate surface area is 126 Å². The molecule has 0 N–H and O–H groups in total. The molecule has 0 amide bonds. The molecule has 1 aromatic carbocycles. The summed E-state index contributed by atoms with van der Waals surface area (Å²) in [6.45, 7) is 0.502. The van der Waals surface area contributed by atoms with Crippen molar-refractivity contribution in [1.29, 1.82) is 5.26 Å². The zero-order valence-corrected chi connectivity index (χ0v) is 12.1. The molecule has 1 aliphatic carbocycles. The highest BCUT2D eigenvalue weighted by Gasteiger charge is 2.48. The van der Waals surface area contributed by atoms with Gasteiger partial charge in [0.05, 0.1) is 6.07 Å². The van der Waals surface area contributed by atoms with Crippen LogP contribution in [0.1, 0.15) is 18.4 Å². The number of aromatic nitrogens is 3. The van der Waals surface area contributed by atoms with Crippen LogP contribution in [0.5, 0.6) is 0 Å². The zero-order valence-electron chi connectivity index (χ0n) is 10.6. The van der Waals surface area contributed by atoms with E-state index >= 15 is 0 Å². The van der Waals surface area contributed by atoms with Gasteiger partial charge in [-0.2, -0.15) is 5.26 Å². The van der Waals surface area contributed by atoms with Crippen LogP contribution in [0, 0.1) is 17.2 Å². The quantitative estimate of drug-likeness (QED) is 0.869. The highest BCUT2D eigenvalue weighted by Crippen LogP contribution is 2.50. The first kappa shape index (κ1) is 13.4. The third-order valence-electron chi connectivity index (χ3n) is 3.78. The summed E-state index contributed by atoms with van der Waals surface area (Å²) < 4.78 is 1.83. The number of halogens is 2. The van der Waals surface area contributed by atoms with E-state index in [0.717, 1.165) is 18.4 Å². The maximum Gasteiger partial charge on any atom is 0.119 e. The van der Waals surface area contributed by atoms with Crippen molar-refractivity contribution >= 4 is 23.2 Å². The predicted octanol–water partition coefficient (Wildman–Crippen LogP) is 3.46. The van der Waals surface area contributed by atoms with Gasteiger partial charge in [0.15, 0.2) is 0 Å². The smallest absolute Gasteiger partial charge is 0.119 e. The average molecular weight is 307 g/mol. The third-order valence-corrected chi connectivity index (χ3v) is 4.33. The van der Waals surface area contributed by atoms with E-state index in [4.69, 9.17) is 23.2 Å². The minimum atomic E-state index is -0.649. The van der Waals surface area contributed by atoms with Gasteiger partial charge < -0.3 is 4.57 Å². The standard InChI is InChI=1S/C14H12Cl2N4/c15-11-3-4-12(13(16)5-11)14(6-17,10-1-2-10)7-20-8-18-19-9-20/h3-5,8-10H,1-2,7H2.